The normalized spacial score (nSPS) is 21.7. The van der Waals surface area contributed by atoms with Crippen LogP contribution in [-0.4, -0.2) is 17.5 Å². The molecule has 2 aliphatic rings. The van der Waals surface area contributed by atoms with Crippen LogP contribution in [-0.2, 0) is 12.0 Å². The van der Waals surface area contributed by atoms with Crippen LogP contribution >= 0.6 is 0 Å². The lowest BCUT2D eigenvalue weighted by Gasteiger charge is -2.41. The standard InChI is InChI=1S/C17H25N/c1-12(2)14-6-5-7-16-15(14)8-11-18(13(3)4)17(16)9-10-17/h5-7,12-13H,8-11H2,1-4H3. The van der Waals surface area contributed by atoms with Gasteiger partial charge < -0.3 is 0 Å². The lowest BCUT2D eigenvalue weighted by atomic mass is 9.83. The van der Waals surface area contributed by atoms with E-state index in [2.05, 4.69) is 50.8 Å². The van der Waals surface area contributed by atoms with Gasteiger partial charge in [0.05, 0.1) is 0 Å². The van der Waals surface area contributed by atoms with Gasteiger partial charge in [-0.1, -0.05) is 32.0 Å². The molecule has 0 unspecified atom stereocenters. The van der Waals surface area contributed by atoms with Crippen LogP contribution in [0.4, 0.5) is 0 Å². The van der Waals surface area contributed by atoms with Gasteiger partial charge >= 0.3 is 0 Å². The molecule has 98 valence electrons. The summed E-state index contributed by atoms with van der Waals surface area (Å²) in [5, 5.41) is 0. The Bertz CT molecular complexity index is 455. The fourth-order valence-electron chi connectivity index (χ4n) is 3.89. The Balaban J connectivity index is 2.09. The van der Waals surface area contributed by atoms with Crippen LogP contribution in [0.5, 0.6) is 0 Å². The minimum absolute atomic E-state index is 0.409. The monoisotopic (exact) mass is 243 g/mol. The van der Waals surface area contributed by atoms with Crippen LogP contribution in [0.2, 0.25) is 0 Å². The van der Waals surface area contributed by atoms with Crippen LogP contribution in [0.3, 0.4) is 0 Å². The van der Waals surface area contributed by atoms with Crippen LogP contribution < -0.4 is 0 Å². The zero-order chi connectivity index (χ0) is 12.9. The van der Waals surface area contributed by atoms with Gasteiger partial charge in [-0.25, -0.2) is 0 Å². The van der Waals surface area contributed by atoms with E-state index >= 15 is 0 Å². The zero-order valence-electron chi connectivity index (χ0n) is 12.2. The van der Waals surface area contributed by atoms with Crippen molar-refractivity contribution in [3.63, 3.8) is 0 Å². The summed E-state index contributed by atoms with van der Waals surface area (Å²) in [6, 6.07) is 7.68. The zero-order valence-corrected chi connectivity index (χ0v) is 12.2. The van der Waals surface area contributed by atoms with Crippen molar-refractivity contribution in [1.29, 1.82) is 0 Å². The van der Waals surface area contributed by atoms with E-state index in [0.717, 1.165) is 0 Å². The Morgan fingerprint density at radius 2 is 1.83 bits per heavy atom. The first-order valence-electron chi connectivity index (χ1n) is 7.45. The highest BCUT2D eigenvalue weighted by Crippen LogP contribution is 2.55. The minimum atomic E-state index is 0.409. The quantitative estimate of drug-likeness (QED) is 0.757. The van der Waals surface area contributed by atoms with Gasteiger partial charge in [0, 0.05) is 18.1 Å². The second-order valence-corrected chi connectivity index (χ2v) is 6.60. The van der Waals surface area contributed by atoms with Crippen LogP contribution in [0.1, 0.15) is 63.1 Å². The van der Waals surface area contributed by atoms with E-state index in [4.69, 9.17) is 0 Å². The number of hydrogen-bond acceptors (Lipinski definition) is 1. The summed E-state index contributed by atoms with van der Waals surface area (Å²) < 4.78 is 0. The SMILES string of the molecule is CC(C)c1cccc2c1CCN(C(C)C)C21CC1. The molecule has 0 aromatic heterocycles. The van der Waals surface area contributed by atoms with E-state index in [9.17, 15) is 0 Å². The molecule has 1 fully saturated rings. The molecule has 1 aromatic rings. The number of fused-ring (bicyclic) bond motifs is 2. The van der Waals surface area contributed by atoms with Gasteiger partial charge in [0.25, 0.3) is 0 Å². The highest BCUT2D eigenvalue weighted by Gasteiger charge is 2.53. The average Bonchev–Trinajstić information content (AvgIpc) is 3.09. The minimum Gasteiger partial charge on any atom is -0.291 e. The Hall–Kier alpha value is -0.820. The smallest absolute Gasteiger partial charge is 0.0467 e. The van der Waals surface area contributed by atoms with Crippen molar-refractivity contribution in [3.05, 3.63) is 34.9 Å². The maximum absolute atomic E-state index is 2.74. The molecular weight excluding hydrogens is 218 g/mol. The average molecular weight is 243 g/mol. The second-order valence-electron chi connectivity index (χ2n) is 6.60. The third-order valence-electron chi connectivity index (χ3n) is 4.84. The second kappa shape index (κ2) is 4.09. The van der Waals surface area contributed by atoms with Crippen molar-refractivity contribution in [2.45, 2.75) is 64.5 Å². The molecular formula is C17H25N. The molecule has 1 aliphatic heterocycles. The van der Waals surface area contributed by atoms with E-state index < -0.39 is 0 Å². The molecule has 0 amide bonds. The summed E-state index contributed by atoms with van der Waals surface area (Å²) in [4.78, 5) is 2.74. The molecule has 1 aromatic carbocycles. The van der Waals surface area contributed by atoms with Gasteiger partial charge in [0.15, 0.2) is 0 Å². The van der Waals surface area contributed by atoms with Crippen molar-refractivity contribution >= 4 is 0 Å². The van der Waals surface area contributed by atoms with E-state index in [-0.39, 0.29) is 0 Å². The molecule has 0 radical (unpaired) electrons. The third-order valence-corrected chi connectivity index (χ3v) is 4.84. The molecule has 18 heavy (non-hydrogen) atoms. The molecule has 0 atom stereocenters. The largest absolute Gasteiger partial charge is 0.291 e. The van der Waals surface area contributed by atoms with Crippen molar-refractivity contribution in [3.8, 4) is 0 Å². The predicted octanol–water partition coefficient (Wildman–Crippen LogP) is 4.07. The molecule has 1 nitrogen and oxygen atoms in total. The first kappa shape index (κ1) is 12.2. The predicted molar refractivity (Wildman–Crippen MR) is 77.0 cm³/mol. The lowest BCUT2D eigenvalue weighted by molar-refractivity contribution is 0.122. The summed E-state index contributed by atoms with van der Waals surface area (Å²) in [5.41, 5.74) is 5.31. The molecule has 1 saturated carbocycles. The fraction of sp³-hybridized carbons (Fsp3) is 0.647. The molecule has 1 heteroatoms. The van der Waals surface area contributed by atoms with E-state index in [0.29, 0.717) is 17.5 Å². The van der Waals surface area contributed by atoms with E-state index in [1.165, 1.54) is 25.8 Å². The van der Waals surface area contributed by atoms with Crippen molar-refractivity contribution < 1.29 is 0 Å². The van der Waals surface area contributed by atoms with Crippen LogP contribution in [0.15, 0.2) is 18.2 Å². The van der Waals surface area contributed by atoms with Gasteiger partial charge in [-0.2, -0.15) is 0 Å². The Morgan fingerprint density at radius 1 is 1.11 bits per heavy atom. The van der Waals surface area contributed by atoms with Gasteiger partial charge in [0.1, 0.15) is 0 Å². The molecule has 1 spiro atoms. The molecule has 0 bridgehead atoms. The topological polar surface area (TPSA) is 3.24 Å². The molecule has 1 aliphatic carbocycles. The third kappa shape index (κ3) is 1.64. The van der Waals surface area contributed by atoms with Crippen LogP contribution in [0.25, 0.3) is 0 Å². The maximum Gasteiger partial charge on any atom is 0.0467 e. The number of nitrogens with zero attached hydrogens (tertiary/aromatic N) is 1. The first-order valence-corrected chi connectivity index (χ1v) is 7.45. The van der Waals surface area contributed by atoms with Crippen molar-refractivity contribution in [1.82, 2.24) is 4.90 Å². The van der Waals surface area contributed by atoms with Gasteiger partial charge in [-0.05, 0) is 55.7 Å². The Labute approximate surface area is 111 Å². The van der Waals surface area contributed by atoms with E-state index in [1.807, 2.05) is 0 Å². The van der Waals surface area contributed by atoms with Gasteiger partial charge in [-0.15, -0.1) is 0 Å². The number of hydrogen-bond donors (Lipinski definition) is 0. The number of benzene rings is 1. The molecule has 0 N–H and O–H groups in total. The van der Waals surface area contributed by atoms with Gasteiger partial charge in [-0.3, -0.25) is 4.90 Å². The molecule has 1 heterocycles. The van der Waals surface area contributed by atoms with Crippen LogP contribution in [0, 0.1) is 0 Å². The molecule has 3 rings (SSSR count). The lowest BCUT2D eigenvalue weighted by Crippen LogP contribution is -2.45. The Morgan fingerprint density at radius 3 is 2.39 bits per heavy atom. The van der Waals surface area contributed by atoms with Gasteiger partial charge in [0.2, 0.25) is 0 Å². The summed E-state index contributed by atoms with van der Waals surface area (Å²) in [6.07, 6.45) is 3.96. The molecule has 0 saturated heterocycles. The number of rotatable bonds is 2. The van der Waals surface area contributed by atoms with E-state index in [1.54, 1.807) is 16.7 Å². The summed E-state index contributed by atoms with van der Waals surface area (Å²) in [6.45, 7) is 10.6. The summed E-state index contributed by atoms with van der Waals surface area (Å²) >= 11 is 0. The van der Waals surface area contributed by atoms with Crippen molar-refractivity contribution in [2.75, 3.05) is 6.54 Å². The summed E-state index contributed by atoms with van der Waals surface area (Å²) in [7, 11) is 0. The highest BCUT2D eigenvalue weighted by atomic mass is 15.3. The highest BCUT2D eigenvalue weighted by molar-refractivity contribution is 5.46. The maximum atomic E-state index is 2.74. The fourth-order valence-corrected chi connectivity index (χ4v) is 3.89. The Kier molecular flexibility index (Phi) is 2.78. The van der Waals surface area contributed by atoms with Crippen molar-refractivity contribution in [2.24, 2.45) is 0 Å². The summed E-state index contributed by atoms with van der Waals surface area (Å²) in [5.74, 6) is 0.654. The first-order chi connectivity index (χ1) is 8.56.